The number of hydrogen-bond donors (Lipinski definition) is 0. The van der Waals surface area contributed by atoms with E-state index in [1.807, 2.05) is 66.7 Å². The van der Waals surface area contributed by atoms with Crippen LogP contribution in [0.25, 0.3) is 11.0 Å². The molecule has 0 aliphatic rings. The van der Waals surface area contributed by atoms with Crippen LogP contribution >= 0.6 is 0 Å². The maximum absolute atomic E-state index is 12.3. The predicted molar refractivity (Wildman–Crippen MR) is 113 cm³/mol. The Morgan fingerprint density at radius 1 is 0.933 bits per heavy atom. The molecule has 7 heteroatoms. The number of hydrogen-bond acceptors (Lipinski definition) is 5. The molecular formula is C23H20N4O3. The van der Waals surface area contributed by atoms with Crippen LogP contribution in [0.15, 0.2) is 78.9 Å². The summed E-state index contributed by atoms with van der Waals surface area (Å²) in [5.41, 5.74) is 3.88. The van der Waals surface area contributed by atoms with Gasteiger partial charge in [-0.15, -0.1) is 5.10 Å². The average molecular weight is 400 g/mol. The zero-order valence-corrected chi connectivity index (χ0v) is 16.4. The number of carbonyl (C=O) groups is 2. The van der Waals surface area contributed by atoms with Gasteiger partial charge in [0.05, 0.1) is 17.6 Å². The lowest BCUT2D eigenvalue weighted by atomic mass is 10.1. The van der Waals surface area contributed by atoms with E-state index in [0.717, 1.165) is 22.3 Å². The molecule has 0 atom stereocenters. The molecule has 0 saturated carbocycles. The van der Waals surface area contributed by atoms with E-state index in [-0.39, 0.29) is 12.5 Å². The summed E-state index contributed by atoms with van der Waals surface area (Å²) >= 11 is 0. The zero-order valence-electron chi connectivity index (χ0n) is 16.4. The van der Waals surface area contributed by atoms with Crippen LogP contribution in [0.2, 0.25) is 0 Å². The maximum atomic E-state index is 12.3. The van der Waals surface area contributed by atoms with Gasteiger partial charge in [-0.1, -0.05) is 47.7 Å². The Labute approximate surface area is 173 Å². The molecule has 1 heterocycles. The van der Waals surface area contributed by atoms with E-state index in [1.165, 1.54) is 4.90 Å². The summed E-state index contributed by atoms with van der Waals surface area (Å²) in [5.74, 6) is -0.841. The second-order valence-corrected chi connectivity index (χ2v) is 6.80. The molecule has 0 fully saturated rings. The van der Waals surface area contributed by atoms with Gasteiger partial charge in [0.2, 0.25) is 0 Å². The number of carbonyl (C=O) groups excluding carboxylic acids is 2. The SMILES string of the molecule is CN(C(=O)COC(=O)c1ccc(Cn2nnc3ccccc32)cc1)c1ccccc1. The van der Waals surface area contributed by atoms with Crippen LogP contribution in [0.1, 0.15) is 15.9 Å². The predicted octanol–water partition coefficient (Wildman–Crippen LogP) is 3.30. The van der Waals surface area contributed by atoms with Gasteiger partial charge >= 0.3 is 5.97 Å². The van der Waals surface area contributed by atoms with E-state index in [1.54, 1.807) is 23.9 Å². The second-order valence-electron chi connectivity index (χ2n) is 6.80. The summed E-state index contributed by atoms with van der Waals surface area (Å²) in [7, 11) is 1.65. The highest BCUT2D eigenvalue weighted by Gasteiger charge is 2.15. The van der Waals surface area contributed by atoms with Crippen molar-refractivity contribution >= 4 is 28.6 Å². The standard InChI is InChI=1S/C23H20N4O3/c1-26(19-7-3-2-4-8-19)22(28)16-30-23(29)18-13-11-17(12-14-18)15-27-21-10-6-5-9-20(21)24-25-27/h2-14H,15-16H2,1H3. The Kier molecular flexibility index (Phi) is 5.52. The number of rotatable bonds is 6. The summed E-state index contributed by atoms with van der Waals surface area (Å²) in [6, 6.07) is 24.0. The molecule has 0 unspecified atom stereocenters. The van der Waals surface area contributed by atoms with Gasteiger partial charge in [0, 0.05) is 12.7 Å². The number of benzene rings is 3. The molecule has 1 amide bonds. The lowest BCUT2D eigenvalue weighted by molar-refractivity contribution is -0.121. The van der Waals surface area contributed by atoms with Crippen LogP contribution in [0.5, 0.6) is 0 Å². The second kappa shape index (κ2) is 8.57. The summed E-state index contributed by atoms with van der Waals surface area (Å²) in [6.07, 6.45) is 0. The summed E-state index contributed by atoms with van der Waals surface area (Å²) in [6.45, 7) is 0.215. The molecular weight excluding hydrogens is 380 g/mol. The van der Waals surface area contributed by atoms with E-state index in [2.05, 4.69) is 10.3 Å². The summed E-state index contributed by atoms with van der Waals surface area (Å²) in [4.78, 5) is 26.0. The third-order valence-corrected chi connectivity index (χ3v) is 4.79. The molecule has 0 saturated heterocycles. The fourth-order valence-electron chi connectivity index (χ4n) is 3.06. The molecule has 150 valence electrons. The monoisotopic (exact) mass is 400 g/mol. The Hall–Kier alpha value is -4.00. The van der Waals surface area contributed by atoms with Crippen molar-refractivity contribution in [3.05, 3.63) is 90.0 Å². The maximum Gasteiger partial charge on any atom is 0.338 e. The number of anilines is 1. The molecule has 0 bridgehead atoms. The van der Waals surface area contributed by atoms with Crippen LogP contribution in [-0.4, -0.2) is 40.5 Å². The van der Waals surface area contributed by atoms with E-state index in [4.69, 9.17) is 4.74 Å². The zero-order chi connectivity index (χ0) is 20.9. The first-order chi connectivity index (χ1) is 14.6. The van der Waals surface area contributed by atoms with E-state index in [9.17, 15) is 9.59 Å². The lowest BCUT2D eigenvalue weighted by Crippen LogP contribution is -2.31. The average Bonchev–Trinajstić information content (AvgIpc) is 3.20. The topological polar surface area (TPSA) is 77.3 Å². The normalized spacial score (nSPS) is 10.7. The molecule has 0 spiro atoms. The fourth-order valence-corrected chi connectivity index (χ4v) is 3.06. The highest BCUT2D eigenvalue weighted by atomic mass is 16.5. The number of para-hydroxylation sites is 2. The minimum absolute atomic E-state index is 0.302. The van der Waals surface area contributed by atoms with E-state index in [0.29, 0.717) is 12.1 Å². The molecule has 4 aromatic rings. The minimum Gasteiger partial charge on any atom is -0.452 e. The highest BCUT2D eigenvalue weighted by Crippen LogP contribution is 2.14. The van der Waals surface area contributed by atoms with Crippen molar-refractivity contribution in [2.45, 2.75) is 6.54 Å². The first-order valence-electron chi connectivity index (χ1n) is 9.48. The minimum atomic E-state index is -0.539. The molecule has 30 heavy (non-hydrogen) atoms. The molecule has 7 nitrogen and oxygen atoms in total. The number of aromatic nitrogens is 3. The number of likely N-dealkylation sites (N-methyl/N-ethyl adjacent to an activating group) is 1. The number of amides is 1. The Balaban J connectivity index is 1.35. The number of ether oxygens (including phenoxy) is 1. The molecule has 4 rings (SSSR count). The molecule has 0 aliphatic carbocycles. The smallest absolute Gasteiger partial charge is 0.338 e. The highest BCUT2D eigenvalue weighted by molar-refractivity contribution is 5.96. The van der Waals surface area contributed by atoms with E-state index < -0.39 is 5.97 Å². The lowest BCUT2D eigenvalue weighted by Gasteiger charge is -2.17. The van der Waals surface area contributed by atoms with Gasteiger partial charge in [0.15, 0.2) is 6.61 Å². The molecule has 1 aromatic heterocycles. The van der Waals surface area contributed by atoms with Crippen molar-refractivity contribution in [2.24, 2.45) is 0 Å². The Morgan fingerprint density at radius 2 is 1.63 bits per heavy atom. The van der Waals surface area contributed by atoms with Crippen molar-refractivity contribution in [1.29, 1.82) is 0 Å². The summed E-state index contributed by atoms with van der Waals surface area (Å²) in [5, 5.41) is 8.31. The quantitative estimate of drug-likeness (QED) is 0.464. The van der Waals surface area contributed by atoms with E-state index >= 15 is 0 Å². The summed E-state index contributed by atoms with van der Waals surface area (Å²) < 4.78 is 6.98. The number of esters is 1. The van der Waals surface area contributed by atoms with Crippen LogP contribution in [0.3, 0.4) is 0 Å². The molecule has 3 aromatic carbocycles. The van der Waals surface area contributed by atoms with Crippen molar-refractivity contribution in [3.8, 4) is 0 Å². The van der Waals surface area contributed by atoms with Gasteiger partial charge in [-0.3, -0.25) is 4.79 Å². The first kappa shape index (κ1) is 19.3. The van der Waals surface area contributed by atoms with Crippen LogP contribution < -0.4 is 4.90 Å². The largest absolute Gasteiger partial charge is 0.452 e. The van der Waals surface area contributed by atoms with Crippen LogP contribution in [0.4, 0.5) is 5.69 Å². The van der Waals surface area contributed by atoms with Crippen molar-refractivity contribution < 1.29 is 14.3 Å². The third-order valence-electron chi connectivity index (χ3n) is 4.79. The Bertz CT molecular complexity index is 1170. The van der Waals surface area contributed by atoms with Crippen molar-refractivity contribution in [3.63, 3.8) is 0 Å². The molecule has 0 N–H and O–H groups in total. The van der Waals surface area contributed by atoms with Crippen molar-refractivity contribution in [1.82, 2.24) is 15.0 Å². The Morgan fingerprint density at radius 3 is 2.40 bits per heavy atom. The number of nitrogens with zero attached hydrogens (tertiary/aromatic N) is 4. The van der Waals surface area contributed by atoms with Crippen LogP contribution in [-0.2, 0) is 16.1 Å². The molecule has 0 radical (unpaired) electrons. The van der Waals surface area contributed by atoms with Gasteiger partial charge in [0.25, 0.3) is 5.91 Å². The van der Waals surface area contributed by atoms with Crippen LogP contribution in [0, 0.1) is 0 Å². The third kappa shape index (κ3) is 4.20. The van der Waals surface area contributed by atoms with Gasteiger partial charge in [-0.05, 0) is 42.0 Å². The number of fused-ring (bicyclic) bond motifs is 1. The first-order valence-corrected chi connectivity index (χ1v) is 9.48. The van der Waals surface area contributed by atoms with Gasteiger partial charge in [-0.25, -0.2) is 9.48 Å². The van der Waals surface area contributed by atoms with Gasteiger partial charge in [0.1, 0.15) is 5.52 Å². The molecule has 0 aliphatic heterocycles. The van der Waals surface area contributed by atoms with Crippen molar-refractivity contribution in [2.75, 3.05) is 18.6 Å². The fraction of sp³-hybridized carbons (Fsp3) is 0.130. The van der Waals surface area contributed by atoms with Gasteiger partial charge in [-0.2, -0.15) is 0 Å². The van der Waals surface area contributed by atoms with Gasteiger partial charge < -0.3 is 9.64 Å².